The van der Waals surface area contributed by atoms with Gasteiger partial charge in [-0.1, -0.05) is 60.7 Å². The number of nitrogens with zero attached hydrogens (tertiary/aromatic N) is 3. The predicted octanol–water partition coefficient (Wildman–Crippen LogP) is 3.78. The highest BCUT2D eigenvalue weighted by molar-refractivity contribution is 6.08. The number of hydrogen-bond donors (Lipinski definition) is 0. The Labute approximate surface area is 98.9 Å². The molecule has 17 heavy (non-hydrogen) atoms. The van der Waals surface area contributed by atoms with Crippen molar-refractivity contribution in [3.05, 3.63) is 87.8 Å². The third-order valence-electron chi connectivity index (χ3n) is 2.07. The molecule has 0 radical (unpaired) electrons. The third-order valence-corrected chi connectivity index (χ3v) is 2.07. The molecular formula is C13H10N3O-. The molecule has 0 atom stereocenters. The lowest BCUT2D eigenvalue weighted by atomic mass is 10.0. The molecule has 0 N–H and O–H groups in total. The van der Waals surface area contributed by atoms with Gasteiger partial charge in [0.1, 0.15) is 0 Å². The molecule has 0 aliphatic rings. The van der Waals surface area contributed by atoms with Crippen LogP contribution in [0.15, 0.2) is 60.7 Å². The fourth-order valence-electron chi connectivity index (χ4n) is 1.35. The average molecular weight is 224 g/mol. The fourth-order valence-corrected chi connectivity index (χ4v) is 1.35. The summed E-state index contributed by atoms with van der Waals surface area (Å²) in [5.41, 5.74) is 15.0. The van der Waals surface area contributed by atoms with E-state index in [4.69, 9.17) is 11.1 Å². The minimum Gasteiger partial charge on any atom is -0.373 e. The van der Waals surface area contributed by atoms with Crippen LogP contribution in [0.1, 0.15) is 15.9 Å². The lowest BCUT2D eigenvalue weighted by Crippen LogP contribution is -1.99. The lowest BCUT2D eigenvalue weighted by Gasteiger charge is -1.99. The lowest BCUT2D eigenvalue weighted by molar-refractivity contribution is 0.103. The van der Waals surface area contributed by atoms with Gasteiger partial charge in [0.2, 0.25) is 0 Å². The van der Waals surface area contributed by atoms with Gasteiger partial charge in [0, 0.05) is 11.1 Å². The van der Waals surface area contributed by atoms with Crippen LogP contribution in [0.3, 0.4) is 0 Å². The van der Waals surface area contributed by atoms with Crippen molar-refractivity contribution in [3.8, 4) is 0 Å². The van der Waals surface area contributed by atoms with Gasteiger partial charge in [-0.15, -0.1) is 0 Å². The van der Waals surface area contributed by atoms with Crippen LogP contribution in [-0.4, -0.2) is 5.78 Å². The van der Waals surface area contributed by atoms with Gasteiger partial charge >= 0.3 is 0 Å². The van der Waals surface area contributed by atoms with E-state index in [-0.39, 0.29) is 5.78 Å². The largest absolute Gasteiger partial charge is 0.373 e. The molecular weight excluding hydrogens is 214 g/mol. The van der Waals surface area contributed by atoms with Crippen molar-refractivity contribution < 1.29 is 4.79 Å². The molecule has 84 valence electrons. The van der Waals surface area contributed by atoms with Gasteiger partial charge in [-0.2, -0.15) is 0 Å². The minimum absolute atomic E-state index is 0.0752. The molecule has 0 saturated heterocycles. The van der Waals surface area contributed by atoms with E-state index in [1.54, 1.807) is 0 Å². The van der Waals surface area contributed by atoms with Crippen LogP contribution >= 0.6 is 0 Å². The molecule has 0 bridgehead atoms. The summed E-state index contributed by atoms with van der Waals surface area (Å²) in [6.45, 7) is 0. The molecule has 0 fully saturated rings. The fraction of sp³-hybridized carbons (Fsp3) is 0. The van der Waals surface area contributed by atoms with Crippen LogP contribution in [-0.2, 0) is 0 Å². The van der Waals surface area contributed by atoms with Crippen molar-refractivity contribution in [2.45, 2.75) is 0 Å². The highest BCUT2D eigenvalue weighted by Gasteiger charge is 2.06. The zero-order chi connectivity index (χ0) is 12.5. The summed E-state index contributed by atoms with van der Waals surface area (Å²) in [5, 5.41) is 0. The molecule has 0 aliphatic carbocycles. The van der Waals surface area contributed by atoms with Crippen LogP contribution in [0, 0.1) is 0 Å². The Morgan fingerprint density at radius 3 is 1.35 bits per heavy atom. The van der Waals surface area contributed by atoms with E-state index in [1.165, 1.54) is 4.91 Å². The minimum atomic E-state index is 0.0752. The number of carbonyl (C=O) groups is 1. The highest BCUT2D eigenvalue weighted by atomic mass is 16.1. The van der Waals surface area contributed by atoms with Crippen molar-refractivity contribution in [1.29, 1.82) is 0 Å². The summed E-state index contributed by atoms with van der Waals surface area (Å²) in [4.78, 5) is 13.3. The maximum Gasteiger partial charge on any atom is 0.193 e. The second-order valence-electron chi connectivity index (χ2n) is 3.15. The highest BCUT2D eigenvalue weighted by Crippen LogP contribution is 2.08. The smallest absolute Gasteiger partial charge is 0.193 e. The van der Waals surface area contributed by atoms with Gasteiger partial charge < -0.3 is 11.1 Å². The number of ketones is 1. The number of hydrogen-bond acceptors (Lipinski definition) is 1. The Morgan fingerprint density at radius 2 is 1.06 bits per heavy atom. The number of benzene rings is 2. The molecule has 0 unspecified atom stereocenters. The first-order chi connectivity index (χ1) is 8.29. The van der Waals surface area contributed by atoms with Gasteiger partial charge in [-0.05, 0) is 0 Å². The normalized spacial score (nSPS) is 8.47. The van der Waals surface area contributed by atoms with E-state index in [9.17, 15) is 4.79 Å². The molecule has 2 aromatic rings. The molecule has 0 spiro atoms. The Hall–Kier alpha value is -2.58. The van der Waals surface area contributed by atoms with Gasteiger partial charge in [-0.3, -0.25) is 9.71 Å². The molecule has 0 aromatic heterocycles. The average Bonchev–Trinajstić information content (AvgIpc) is 2.41. The topological polar surface area (TPSA) is 75.8 Å². The molecule has 2 aromatic carbocycles. The molecule has 0 amide bonds. The number of rotatable bonds is 2. The molecule has 0 saturated carbocycles. The van der Waals surface area contributed by atoms with Crippen LogP contribution in [0.4, 0.5) is 0 Å². The second-order valence-corrected chi connectivity index (χ2v) is 3.15. The predicted molar refractivity (Wildman–Crippen MR) is 66.4 cm³/mol. The second kappa shape index (κ2) is 6.82. The SMILES string of the molecule is O=C(c1ccccc1)c1ccccc1.[N-]=[N+]=[N-]. The first-order valence-electron chi connectivity index (χ1n) is 4.93. The van der Waals surface area contributed by atoms with E-state index in [0.717, 1.165) is 11.1 Å². The first-order valence-corrected chi connectivity index (χ1v) is 4.93. The van der Waals surface area contributed by atoms with Gasteiger partial charge in [0.15, 0.2) is 5.78 Å². The Kier molecular flexibility index (Phi) is 5.01. The van der Waals surface area contributed by atoms with E-state index >= 15 is 0 Å². The molecule has 0 aliphatic heterocycles. The van der Waals surface area contributed by atoms with Gasteiger partial charge in [0.05, 0.1) is 0 Å². The molecule has 4 heteroatoms. The number of carbonyl (C=O) groups excluding carboxylic acids is 1. The molecule has 0 heterocycles. The molecule has 2 rings (SSSR count). The first kappa shape index (κ1) is 12.5. The monoisotopic (exact) mass is 224 g/mol. The van der Waals surface area contributed by atoms with E-state index < -0.39 is 0 Å². The third kappa shape index (κ3) is 3.81. The van der Waals surface area contributed by atoms with Crippen molar-refractivity contribution in [1.82, 2.24) is 0 Å². The zero-order valence-corrected chi connectivity index (χ0v) is 9.02. The van der Waals surface area contributed by atoms with Crippen molar-refractivity contribution in [2.75, 3.05) is 0 Å². The zero-order valence-electron chi connectivity index (χ0n) is 9.02. The summed E-state index contributed by atoms with van der Waals surface area (Å²) in [6, 6.07) is 18.6. The maximum atomic E-state index is 11.8. The quantitative estimate of drug-likeness (QED) is 0.331. The summed E-state index contributed by atoms with van der Waals surface area (Å²) >= 11 is 0. The maximum absolute atomic E-state index is 11.8. The van der Waals surface area contributed by atoms with E-state index in [1.807, 2.05) is 60.7 Å². The summed E-state index contributed by atoms with van der Waals surface area (Å²) < 4.78 is 0. The van der Waals surface area contributed by atoms with E-state index in [2.05, 4.69) is 0 Å². The van der Waals surface area contributed by atoms with Crippen LogP contribution in [0.25, 0.3) is 16.0 Å². The van der Waals surface area contributed by atoms with Crippen LogP contribution in [0.2, 0.25) is 0 Å². The van der Waals surface area contributed by atoms with Gasteiger partial charge in [0.25, 0.3) is 0 Å². The van der Waals surface area contributed by atoms with Gasteiger partial charge in [-0.25, -0.2) is 0 Å². The van der Waals surface area contributed by atoms with Crippen molar-refractivity contribution in [3.63, 3.8) is 0 Å². The van der Waals surface area contributed by atoms with Crippen molar-refractivity contribution >= 4 is 5.78 Å². The standard InChI is InChI=1S/C13H10O.N3/c14-13(11-7-3-1-4-8-11)12-9-5-2-6-10-12;1-3-2/h1-10H;/q;-1. The summed E-state index contributed by atoms with van der Waals surface area (Å²) in [7, 11) is 0. The van der Waals surface area contributed by atoms with E-state index in [0.29, 0.717) is 0 Å². The van der Waals surface area contributed by atoms with Crippen molar-refractivity contribution in [2.24, 2.45) is 0 Å². The Balaban J connectivity index is 0.000000437. The Morgan fingerprint density at radius 1 is 0.765 bits per heavy atom. The van der Waals surface area contributed by atoms with Crippen LogP contribution < -0.4 is 0 Å². The molecule has 4 nitrogen and oxygen atoms in total. The Bertz CT molecular complexity index is 461. The summed E-state index contributed by atoms with van der Waals surface area (Å²) in [6.07, 6.45) is 0. The van der Waals surface area contributed by atoms with Crippen LogP contribution in [0.5, 0.6) is 0 Å². The summed E-state index contributed by atoms with van der Waals surface area (Å²) in [5.74, 6) is 0.0752.